The Kier molecular flexibility index (Phi) is 6.06. The van der Waals surface area contributed by atoms with Gasteiger partial charge < -0.3 is 9.64 Å². The van der Waals surface area contributed by atoms with Crippen LogP contribution in [0.3, 0.4) is 0 Å². The first-order valence-corrected chi connectivity index (χ1v) is 9.07. The molecular formula is C21H24F2N2O2. The molecule has 0 bridgehead atoms. The van der Waals surface area contributed by atoms with E-state index in [-0.39, 0.29) is 17.2 Å². The largest absolute Gasteiger partial charge is 0.493 e. The molecule has 1 atom stereocenters. The van der Waals surface area contributed by atoms with Crippen molar-refractivity contribution in [3.63, 3.8) is 0 Å². The molecule has 144 valence electrons. The molecule has 2 aromatic rings. The van der Waals surface area contributed by atoms with Crippen LogP contribution in [0.15, 0.2) is 42.5 Å². The van der Waals surface area contributed by atoms with Crippen molar-refractivity contribution in [1.82, 2.24) is 9.80 Å². The molecule has 1 fully saturated rings. The molecule has 0 saturated carbocycles. The summed E-state index contributed by atoms with van der Waals surface area (Å²) >= 11 is 0. The lowest BCUT2D eigenvalue weighted by Gasteiger charge is -2.23. The third-order valence-corrected chi connectivity index (χ3v) is 4.80. The van der Waals surface area contributed by atoms with Crippen LogP contribution in [0.2, 0.25) is 0 Å². The highest BCUT2D eigenvalue weighted by atomic mass is 19.1. The van der Waals surface area contributed by atoms with Gasteiger partial charge in [-0.1, -0.05) is 37.3 Å². The third kappa shape index (κ3) is 4.45. The van der Waals surface area contributed by atoms with Crippen LogP contribution in [0.4, 0.5) is 8.78 Å². The van der Waals surface area contributed by atoms with E-state index in [1.807, 2.05) is 18.2 Å². The predicted molar refractivity (Wildman–Crippen MR) is 99.7 cm³/mol. The normalized spacial score (nSPS) is 18.2. The van der Waals surface area contributed by atoms with Crippen molar-refractivity contribution in [3.05, 3.63) is 65.2 Å². The topological polar surface area (TPSA) is 32.8 Å². The summed E-state index contributed by atoms with van der Waals surface area (Å²) in [6, 6.07) is 12.1. The zero-order chi connectivity index (χ0) is 19.4. The van der Waals surface area contributed by atoms with Crippen LogP contribution in [-0.4, -0.2) is 49.0 Å². The number of rotatable bonds is 4. The van der Waals surface area contributed by atoms with Crippen LogP contribution < -0.4 is 4.74 Å². The first-order chi connectivity index (χ1) is 13.0. The molecule has 1 amide bonds. The molecule has 27 heavy (non-hydrogen) atoms. The molecule has 1 heterocycles. The third-order valence-electron chi connectivity index (χ3n) is 4.80. The molecule has 4 nitrogen and oxygen atoms in total. The van der Waals surface area contributed by atoms with Crippen molar-refractivity contribution in [2.45, 2.75) is 13.5 Å². The number of benzene rings is 2. The van der Waals surface area contributed by atoms with E-state index in [9.17, 15) is 13.6 Å². The number of carbonyl (C=O) groups excluding carboxylic acids is 1. The fourth-order valence-electron chi connectivity index (χ4n) is 3.58. The Hall–Kier alpha value is -2.47. The van der Waals surface area contributed by atoms with E-state index in [0.29, 0.717) is 19.6 Å². The van der Waals surface area contributed by atoms with Crippen molar-refractivity contribution < 1.29 is 18.3 Å². The maximum absolute atomic E-state index is 14.3. The number of halogens is 2. The van der Waals surface area contributed by atoms with Gasteiger partial charge in [0.05, 0.1) is 7.11 Å². The van der Waals surface area contributed by atoms with Gasteiger partial charge in [0, 0.05) is 32.7 Å². The van der Waals surface area contributed by atoms with Gasteiger partial charge in [-0.15, -0.1) is 0 Å². The molecule has 0 N–H and O–H groups in total. The Morgan fingerprint density at radius 3 is 2.48 bits per heavy atom. The van der Waals surface area contributed by atoms with E-state index in [1.54, 1.807) is 4.90 Å². The van der Waals surface area contributed by atoms with Crippen LogP contribution in [0.25, 0.3) is 0 Å². The Morgan fingerprint density at radius 1 is 1.07 bits per heavy atom. The van der Waals surface area contributed by atoms with Gasteiger partial charge in [-0.2, -0.15) is 0 Å². The summed E-state index contributed by atoms with van der Waals surface area (Å²) in [5, 5.41) is 0. The summed E-state index contributed by atoms with van der Waals surface area (Å²) in [7, 11) is 1.24. The van der Waals surface area contributed by atoms with E-state index in [4.69, 9.17) is 4.74 Å². The lowest BCUT2D eigenvalue weighted by Crippen LogP contribution is -2.36. The first-order valence-electron chi connectivity index (χ1n) is 9.07. The van der Waals surface area contributed by atoms with E-state index in [1.165, 1.54) is 12.7 Å². The Balaban J connectivity index is 1.77. The smallest absolute Gasteiger partial charge is 0.260 e. The zero-order valence-corrected chi connectivity index (χ0v) is 15.6. The number of amides is 1. The molecule has 3 rings (SSSR count). The second kappa shape index (κ2) is 8.48. The molecule has 1 aliphatic heterocycles. The Labute approximate surface area is 158 Å². The summed E-state index contributed by atoms with van der Waals surface area (Å²) in [6.07, 6.45) is 0. The van der Waals surface area contributed by atoms with Crippen LogP contribution in [-0.2, 0) is 6.54 Å². The van der Waals surface area contributed by atoms with Gasteiger partial charge in [0.25, 0.3) is 5.91 Å². The summed E-state index contributed by atoms with van der Waals surface area (Å²) < 4.78 is 33.2. The van der Waals surface area contributed by atoms with Gasteiger partial charge in [-0.05, 0) is 23.6 Å². The molecule has 0 aromatic heterocycles. The molecule has 1 saturated heterocycles. The van der Waals surface area contributed by atoms with E-state index < -0.39 is 17.5 Å². The van der Waals surface area contributed by atoms with E-state index >= 15 is 0 Å². The second-order valence-electron chi connectivity index (χ2n) is 7.01. The second-order valence-corrected chi connectivity index (χ2v) is 7.01. The summed E-state index contributed by atoms with van der Waals surface area (Å²) in [4.78, 5) is 16.8. The average Bonchev–Trinajstić information content (AvgIpc) is 2.84. The zero-order valence-electron chi connectivity index (χ0n) is 15.6. The minimum atomic E-state index is -0.767. The van der Waals surface area contributed by atoms with Crippen molar-refractivity contribution in [3.8, 4) is 5.75 Å². The number of hydrogen-bond donors (Lipinski definition) is 0. The number of nitrogens with zero attached hydrogens (tertiary/aromatic N) is 2. The predicted octanol–water partition coefficient (Wildman–Crippen LogP) is 3.57. The van der Waals surface area contributed by atoms with Crippen LogP contribution in [0.1, 0.15) is 22.8 Å². The van der Waals surface area contributed by atoms with E-state index in [0.717, 1.165) is 25.2 Å². The molecular weight excluding hydrogens is 350 g/mol. The lowest BCUT2D eigenvalue weighted by atomic mass is 10.1. The van der Waals surface area contributed by atoms with Crippen molar-refractivity contribution >= 4 is 5.91 Å². The van der Waals surface area contributed by atoms with Gasteiger partial charge in [0.15, 0.2) is 11.6 Å². The van der Waals surface area contributed by atoms with Crippen LogP contribution in [0.5, 0.6) is 5.75 Å². The first kappa shape index (κ1) is 19.3. The van der Waals surface area contributed by atoms with Gasteiger partial charge in [-0.25, -0.2) is 8.78 Å². The van der Waals surface area contributed by atoms with Gasteiger partial charge in [0.2, 0.25) is 0 Å². The minimum absolute atomic E-state index is 0.211. The van der Waals surface area contributed by atoms with Crippen molar-refractivity contribution in [1.29, 1.82) is 0 Å². The van der Waals surface area contributed by atoms with Crippen molar-refractivity contribution in [2.24, 2.45) is 5.92 Å². The highest BCUT2D eigenvalue weighted by molar-refractivity contribution is 5.97. The maximum atomic E-state index is 14.3. The average molecular weight is 374 g/mol. The fraction of sp³-hybridized carbons (Fsp3) is 0.381. The van der Waals surface area contributed by atoms with Crippen LogP contribution >= 0.6 is 0 Å². The summed E-state index contributed by atoms with van der Waals surface area (Å²) in [6.45, 7) is 5.30. The summed E-state index contributed by atoms with van der Waals surface area (Å²) in [5.74, 6) is -2.16. The fourth-order valence-corrected chi connectivity index (χ4v) is 3.58. The molecule has 6 heteroatoms. The number of hydrogen-bond acceptors (Lipinski definition) is 3. The van der Waals surface area contributed by atoms with Crippen molar-refractivity contribution in [2.75, 3.05) is 33.3 Å². The highest BCUT2D eigenvalue weighted by Gasteiger charge is 2.29. The van der Waals surface area contributed by atoms with Crippen LogP contribution in [0, 0.1) is 17.6 Å². The SMILES string of the molecule is COc1c(F)ccc(F)c1C(=O)N1CCN(Cc2ccccc2)CC(C)C1. The number of carbonyl (C=O) groups is 1. The van der Waals surface area contributed by atoms with Gasteiger partial charge in [-0.3, -0.25) is 9.69 Å². The molecule has 2 aromatic carbocycles. The molecule has 0 radical (unpaired) electrons. The van der Waals surface area contributed by atoms with E-state index in [2.05, 4.69) is 24.0 Å². The summed E-state index contributed by atoms with van der Waals surface area (Å²) in [5.41, 5.74) is 0.878. The highest BCUT2D eigenvalue weighted by Crippen LogP contribution is 2.27. The molecule has 0 aliphatic carbocycles. The monoisotopic (exact) mass is 374 g/mol. The Bertz CT molecular complexity index is 798. The quantitative estimate of drug-likeness (QED) is 0.820. The molecule has 1 unspecified atom stereocenters. The minimum Gasteiger partial charge on any atom is -0.493 e. The lowest BCUT2D eigenvalue weighted by molar-refractivity contribution is 0.0739. The number of ether oxygens (including phenoxy) is 1. The standard InChI is InChI=1S/C21H24F2N2O2/c1-15-12-24(14-16-6-4-3-5-7-16)10-11-25(13-15)21(26)19-17(22)8-9-18(23)20(19)27-2/h3-9,15H,10-14H2,1-2H3. The van der Waals surface area contributed by atoms with Gasteiger partial charge in [0.1, 0.15) is 11.4 Å². The van der Waals surface area contributed by atoms with Gasteiger partial charge >= 0.3 is 0 Å². The molecule has 1 aliphatic rings. The maximum Gasteiger partial charge on any atom is 0.260 e. The Morgan fingerprint density at radius 2 is 1.78 bits per heavy atom. The number of methoxy groups -OCH3 is 1. The molecule has 0 spiro atoms.